The number of azo groups is 1. The van der Waals surface area contributed by atoms with E-state index in [9.17, 15) is 9.59 Å². The first-order valence-electron chi connectivity index (χ1n) is 9.58. The Bertz CT molecular complexity index is 933. The molecule has 3 atom stereocenters. The summed E-state index contributed by atoms with van der Waals surface area (Å²) in [5.74, 6) is 0.0677. The van der Waals surface area contributed by atoms with Crippen molar-refractivity contribution in [3.05, 3.63) is 58.9 Å². The molecule has 0 radical (unpaired) electrons. The number of hydrogen-bond acceptors (Lipinski definition) is 5. The lowest BCUT2D eigenvalue weighted by molar-refractivity contribution is -0.133. The molecule has 1 aromatic carbocycles. The van der Waals surface area contributed by atoms with Crippen LogP contribution in [0.2, 0.25) is 0 Å². The minimum absolute atomic E-state index is 0.000367. The van der Waals surface area contributed by atoms with Crippen LogP contribution < -0.4 is 10.6 Å². The first-order chi connectivity index (χ1) is 13.1. The van der Waals surface area contributed by atoms with Crippen LogP contribution in [-0.2, 0) is 15.0 Å². The summed E-state index contributed by atoms with van der Waals surface area (Å²) in [7, 11) is 0. The van der Waals surface area contributed by atoms with Gasteiger partial charge in [0.05, 0.1) is 17.0 Å². The summed E-state index contributed by atoms with van der Waals surface area (Å²) in [6, 6.07) is 10.2. The molecule has 1 amide bonds. The van der Waals surface area contributed by atoms with Crippen LogP contribution in [0, 0.1) is 5.41 Å². The van der Waals surface area contributed by atoms with E-state index in [4.69, 9.17) is 0 Å². The molecule has 3 aliphatic heterocycles. The number of fused-ring (bicyclic) bond motifs is 1. The Morgan fingerprint density at radius 2 is 2.00 bits per heavy atom. The van der Waals surface area contributed by atoms with E-state index in [0.29, 0.717) is 19.4 Å². The average molecular weight is 362 g/mol. The van der Waals surface area contributed by atoms with E-state index < -0.39 is 10.8 Å². The maximum atomic E-state index is 13.5. The normalized spacial score (nSPS) is 34.3. The SMILES string of the molecule is CC[C@]1(c2ccccc2)C2=CN=NC2NC2=C1C(=O)C[C@@]1(CCNC1=O)C2. The fourth-order valence-electron chi connectivity index (χ4n) is 5.40. The zero-order chi connectivity index (χ0) is 18.6. The second-order valence-corrected chi connectivity index (χ2v) is 7.90. The minimum Gasteiger partial charge on any atom is -0.362 e. The summed E-state index contributed by atoms with van der Waals surface area (Å²) in [5.41, 5.74) is 2.63. The number of benzene rings is 1. The second-order valence-electron chi connectivity index (χ2n) is 7.90. The van der Waals surface area contributed by atoms with Crippen LogP contribution in [0.3, 0.4) is 0 Å². The topological polar surface area (TPSA) is 82.9 Å². The number of nitrogens with one attached hydrogen (secondary N) is 2. The Morgan fingerprint density at radius 1 is 1.19 bits per heavy atom. The molecule has 3 heterocycles. The van der Waals surface area contributed by atoms with E-state index in [0.717, 1.165) is 28.8 Å². The average Bonchev–Trinajstić information content (AvgIpc) is 3.28. The van der Waals surface area contributed by atoms with Crippen molar-refractivity contribution in [3.8, 4) is 0 Å². The van der Waals surface area contributed by atoms with Crippen LogP contribution in [0.25, 0.3) is 0 Å². The Kier molecular flexibility index (Phi) is 3.41. The third-order valence-electron chi connectivity index (χ3n) is 6.67. The van der Waals surface area contributed by atoms with Crippen molar-refractivity contribution in [3.63, 3.8) is 0 Å². The Labute approximate surface area is 157 Å². The smallest absolute Gasteiger partial charge is 0.227 e. The van der Waals surface area contributed by atoms with E-state index in [2.05, 4.69) is 39.9 Å². The van der Waals surface area contributed by atoms with Crippen molar-refractivity contribution in [2.75, 3.05) is 6.54 Å². The third-order valence-corrected chi connectivity index (χ3v) is 6.67. The van der Waals surface area contributed by atoms with Gasteiger partial charge in [0.1, 0.15) is 0 Å². The predicted molar refractivity (Wildman–Crippen MR) is 99.6 cm³/mol. The zero-order valence-corrected chi connectivity index (χ0v) is 15.3. The molecule has 1 spiro atoms. The molecule has 1 aliphatic carbocycles. The van der Waals surface area contributed by atoms with Gasteiger partial charge in [-0.25, -0.2) is 0 Å². The lowest BCUT2D eigenvalue weighted by Crippen LogP contribution is -2.53. The standard InChI is InChI=1S/C21H22N4O2/c1-2-21(13-6-4-3-5-7-13)14-12-23-25-18(14)24-15-10-20(8-9-22-19(20)27)11-16(26)17(15)21/h3-7,12,18,24H,2,8-11H2,1H3,(H,22,27)/t18?,20-,21+/m1/s1. The second kappa shape index (κ2) is 5.62. The summed E-state index contributed by atoms with van der Waals surface area (Å²) in [5, 5.41) is 14.9. The molecule has 6 nitrogen and oxygen atoms in total. The van der Waals surface area contributed by atoms with Crippen molar-refractivity contribution in [2.24, 2.45) is 15.6 Å². The van der Waals surface area contributed by atoms with Crippen LogP contribution in [0.1, 0.15) is 38.2 Å². The number of hydrogen-bond donors (Lipinski definition) is 2. The number of carbonyl (C=O) groups excluding carboxylic acids is 2. The molecule has 6 heteroatoms. The summed E-state index contributed by atoms with van der Waals surface area (Å²) < 4.78 is 0. The molecule has 1 saturated heterocycles. The zero-order valence-electron chi connectivity index (χ0n) is 15.3. The van der Waals surface area contributed by atoms with Crippen molar-refractivity contribution in [1.29, 1.82) is 0 Å². The number of rotatable bonds is 2. The monoisotopic (exact) mass is 362 g/mol. The number of carbonyl (C=O) groups is 2. The van der Waals surface area contributed by atoms with Gasteiger partial charge in [0.2, 0.25) is 5.91 Å². The van der Waals surface area contributed by atoms with E-state index in [1.807, 2.05) is 18.2 Å². The number of allylic oxidation sites excluding steroid dienone is 2. The van der Waals surface area contributed by atoms with Gasteiger partial charge >= 0.3 is 0 Å². The van der Waals surface area contributed by atoms with Gasteiger partial charge in [-0.15, -0.1) is 0 Å². The molecule has 1 unspecified atom stereocenters. The molecular weight excluding hydrogens is 340 g/mol. The predicted octanol–water partition coefficient (Wildman–Crippen LogP) is 2.74. The van der Waals surface area contributed by atoms with Crippen molar-refractivity contribution in [1.82, 2.24) is 10.6 Å². The molecule has 0 bridgehead atoms. The molecule has 4 aliphatic rings. The molecule has 5 rings (SSSR count). The van der Waals surface area contributed by atoms with Gasteiger partial charge in [0, 0.05) is 36.2 Å². The summed E-state index contributed by atoms with van der Waals surface area (Å²) in [6.45, 7) is 2.75. The Hall–Kier alpha value is -2.76. The van der Waals surface area contributed by atoms with E-state index in [1.54, 1.807) is 6.20 Å². The lowest BCUT2D eigenvalue weighted by atomic mass is 9.58. The minimum atomic E-state index is -0.615. The van der Waals surface area contributed by atoms with Crippen LogP contribution in [-0.4, -0.2) is 24.4 Å². The fraction of sp³-hybridized carbons (Fsp3) is 0.429. The van der Waals surface area contributed by atoms with Gasteiger partial charge in [-0.2, -0.15) is 10.2 Å². The number of Topliss-reactive ketones (excluding diaryl/α,β-unsaturated/α-hetero) is 1. The van der Waals surface area contributed by atoms with Gasteiger partial charge < -0.3 is 10.6 Å². The van der Waals surface area contributed by atoms with Crippen LogP contribution >= 0.6 is 0 Å². The molecule has 138 valence electrons. The van der Waals surface area contributed by atoms with E-state index >= 15 is 0 Å². The molecule has 27 heavy (non-hydrogen) atoms. The maximum Gasteiger partial charge on any atom is 0.227 e. The fourth-order valence-corrected chi connectivity index (χ4v) is 5.40. The highest BCUT2D eigenvalue weighted by Crippen LogP contribution is 2.54. The maximum absolute atomic E-state index is 13.5. The summed E-state index contributed by atoms with van der Waals surface area (Å²) >= 11 is 0. The molecule has 0 saturated carbocycles. The van der Waals surface area contributed by atoms with Crippen molar-refractivity contribution in [2.45, 2.75) is 44.2 Å². The first-order valence-corrected chi connectivity index (χ1v) is 9.58. The van der Waals surface area contributed by atoms with Gasteiger partial charge in [-0.05, 0) is 18.4 Å². The lowest BCUT2D eigenvalue weighted by Gasteiger charge is -2.47. The van der Waals surface area contributed by atoms with Crippen molar-refractivity contribution >= 4 is 11.7 Å². The van der Waals surface area contributed by atoms with Gasteiger partial charge in [0.15, 0.2) is 11.9 Å². The number of amides is 1. The van der Waals surface area contributed by atoms with Gasteiger partial charge in [-0.1, -0.05) is 37.3 Å². The highest BCUT2D eigenvalue weighted by atomic mass is 16.2. The molecule has 1 fully saturated rings. The highest BCUT2D eigenvalue weighted by molar-refractivity contribution is 6.05. The quantitative estimate of drug-likeness (QED) is 0.849. The van der Waals surface area contributed by atoms with Crippen LogP contribution in [0.5, 0.6) is 0 Å². The van der Waals surface area contributed by atoms with Crippen molar-refractivity contribution < 1.29 is 9.59 Å². The van der Waals surface area contributed by atoms with Gasteiger partial charge in [0.25, 0.3) is 0 Å². The summed E-state index contributed by atoms with van der Waals surface area (Å²) in [4.78, 5) is 26.0. The van der Waals surface area contributed by atoms with Crippen LogP contribution in [0.4, 0.5) is 0 Å². The molecule has 2 N–H and O–H groups in total. The Balaban J connectivity index is 1.73. The molecular formula is C21H22N4O2. The first kappa shape index (κ1) is 16.4. The summed E-state index contributed by atoms with van der Waals surface area (Å²) in [6.07, 6.45) is 3.83. The van der Waals surface area contributed by atoms with E-state index in [1.165, 1.54) is 0 Å². The Morgan fingerprint density at radius 3 is 2.70 bits per heavy atom. The number of nitrogens with zero attached hydrogens (tertiary/aromatic N) is 2. The molecule has 0 aromatic heterocycles. The highest BCUT2D eigenvalue weighted by Gasteiger charge is 2.56. The molecule has 1 aromatic rings. The van der Waals surface area contributed by atoms with Gasteiger partial charge in [-0.3, -0.25) is 9.59 Å². The number of ketones is 1. The van der Waals surface area contributed by atoms with E-state index in [-0.39, 0.29) is 24.3 Å². The third kappa shape index (κ3) is 2.07. The van der Waals surface area contributed by atoms with Crippen LogP contribution in [0.15, 0.2) is 63.6 Å². The largest absolute Gasteiger partial charge is 0.362 e.